The third-order valence-corrected chi connectivity index (χ3v) is 7.30. The fraction of sp³-hybridized carbons (Fsp3) is 0.371. The number of hydrogen-bond donors (Lipinski definition) is 3. The molecule has 10 nitrogen and oxygen atoms in total. The number of benzene rings is 3. The van der Waals surface area contributed by atoms with Crippen LogP contribution in [0.15, 0.2) is 66.7 Å². The van der Waals surface area contributed by atoms with Gasteiger partial charge in [-0.2, -0.15) is 0 Å². The molecule has 0 heterocycles. The van der Waals surface area contributed by atoms with Gasteiger partial charge in [0.2, 0.25) is 5.91 Å². The van der Waals surface area contributed by atoms with Crippen LogP contribution in [0, 0.1) is 20.8 Å². The van der Waals surface area contributed by atoms with Gasteiger partial charge in [0.15, 0.2) is 12.4 Å². The zero-order chi connectivity index (χ0) is 32.8. The maximum atomic E-state index is 13.6. The molecular formula is C35H43N3O7. The molecule has 0 saturated carbocycles. The number of rotatable bonds is 16. The Kier molecular flexibility index (Phi) is 13.6. The summed E-state index contributed by atoms with van der Waals surface area (Å²) in [6, 6.07) is 18.0. The predicted octanol–water partition coefficient (Wildman–Crippen LogP) is 4.50. The van der Waals surface area contributed by atoms with Crippen molar-refractivity contribution in [1.29, 1.82) is 0 Å². The van der Waals surface area contributed by atoms with Crippen molar-refractivity contribution in [2.24, 2.45) is 5.73 Å². The SMILES string of the molecule is COc1ccc(C[C@H](NC(=O)OCc2ccccc2)C(=O)N[C@@H](CCCCN)C(=O)COC(=O)c2c(C)cc(C)cc2C)cc1. The van der Waals surface area contributed by atoms with E-state index in [-0.39, 0.29) is 19.4 Å². The quantitative estimate of drug-likeness (QED) is 0.157. The molecule has 0 aliphatic rings. The summed E-state index contributed by atoms with van der Waals surface area (Å²) in [5.74, 6) is -1.01. The molecule has 4 N–H and O–H groups in total. The van der Waals surface area contributed by atoms with Crippen molar-refractivity contribution in [3.63, 3.8) is 0 Å². The van der Waals surface area contributed by atoms with Crippen molar-refractivity contribution >= 4 is 23.8 Å². The normalized spacial score (nSPS) is 12.0. The van der Waals surface area contributed by atoms with Crippen LogP contribution in [0.4, 0.5) is 4.79 Å². The second-order valence-electron chi connectivity index (χ2n) is 11.0. The molecule has 2 atom stereocenters. The molecule has 0 aliphatic heterocycles. The topological polar surface area (TPSA) is 146 Å². The standard InChI is InChI=1S/C35H43N3O7/c1-23-18-24(2)32(25(3)19-23)34(41)44-22-31(39)29(12-8-9-17-36)37-33(40)30(20-26-13-15-28(43-4)16-14-26)38-35(42)45-21-27-10-6-5-7-11-27/h5-7,10-11,13-16,18-19,29-30H,8-9,12,17,20-22,36H2,1-4H3,(H,37,40)(H,38,42)/t29-,30-/m0/s1. The highest BCUT2D eigenvalue weighted by atomic mass is 16.5. The summed E-state index contributed by atoms with van der Waals surface area (Å²) >= 11 is 0. The number of alkyl carbamates (subject to hydrolysis) is 1. The number of hydrogen-bond acceptors (Lipinski definition) is 8. The van der Waals surface area contributed by atoms with E-state index in [4.69, 9.17) is 19.9 Å². The minimum absolute atomic E-state index is 0.0229. The molecule has 0 unspecified atom stereocenters. The van der Waals surface area contributed by atoms with Gasteiger partial charge < -0.3 is 30.6 Å². The molecule has 3 aromatic rings. The number of ketones is 1. The van der Waals surface area contributed by atoms with Crippen molar-refractivity contribution in [3.05, 3.63) is 100 Å². The molecule has 0 aromatic heterocycles. The number of amides is 2. The minimum Gasteiger partial charge on any atom is -0.497 e. The van der Waals surface area contributed by atoms with E-state index < -0.39 is 42.4 Å². The Morgan fingerprint density at radius 1 is 0.800 bits per heavy atom. The zero-order valence-electron chi connectivity index (χ0n) is 26.4. The number of carbonyl (C=O) groups excluding carboxylic acids is 4. The van der Waals surface area contributed by atoms with E-state index in [0.29, 0.717) is 30.7 Å². The summed E-state index contributed by atoms with van der Waals surface area (Å²) in [5.41, 5.74) is 10.1. The summed E-state index contributed by atoms with van der Waals surface area (Å²) < 4.78 is 16.0. The van der Waals surface area contributed by atoms with E-state index in [0.717, 1.165) is 27.8 Å². The molecule has 0 aliphatic carbocycles. The number of ether oxygens (including phenoxy) is 3. The van der Waals surface area contributed by atoms with Crippen LogP contribution in [-0.4, -0.2) is 56.1 Å². The molecule has 240 valence electrons. The number of esters is 1. The summed E-state index contributed by atoms with van der Waals surface area (Å²) in [4.78, 5) is 52.6. The van der Waals surface area contributed by atoms with Gasteiger partial charge in [0, 0.05) is 6.42 Å². The van der Waals surface area contributed by atoms with Crippen LogP contribution in [0.5, 0.6) is 5.75 Å². The van der Waals surface area contributed by atoms with Crippen molar-refractivity contribution in [3.8, 4) is 5.75 Å². The number of methoxy groups -OCH3 is 1. The first-order chi connectivity index (χ1) is 21.6. The Morgan fingerprint density at radius 3 is 2.09 bits per heavy atom. The molecule has 10 heteroatoms. The fourth-order valence-electron chi connectivity index (χ4n) is 5.00. The number of Topliss-reactive ketones (excluding diaryl/α,β-unsaturated/α-hetero) is 1. The smallest absolute Gasteiger partial charge is 0.408 e. The van der Waals surface area contributed by atoms with Crippen LogP contribution >= 0.6 is 0 Å². The summed E-state index contributed by atoms with van der Waals surface area (Å²) in [6.45, 7) is 5.49. The van der Waals surface area contributed by atoms with Gasteiger partial charge in [-0.1, -0.05) is 60.2 Å². The Hall–Kier alpha value is -4.70. The molecule has 0 spiro atoms. The minimum atomic E-state index is -1.06. The molecule has 3 rings (SSSR count). The second kappa shape index (κ2) is 17.6. The second-order valence-corrected chi connectivity index (χ2v) is 11.0. The van der Waals surface area contributed by atoms with Gasteiger partial charge in [0.1, 0.15) is 18.4 Å². The van der Waals surface area contributed by atoms with Crippen molar-refractivity contribution < 1.29 is 33.4 Å². The fourth-order valence-corrected chi connectivity index (χ4v) is 5.00. The third-order valence-electron chi connectivity index (χ3n) is 7.30. The van der Waals surface area contributed by atoms with Crippen LogP contribution in [0.2, 0.25) is 0 Å². The summed E-state index contributed by atoms with van der Waals surface area (Å²) in [7, 11) is 1.55. The number of nitrogens with one attached hydrogen (secondary N) is 2. The number of nitrogens with two attached hydrogens (primary N) is 1. The van der Waals surface area contributed by atoms with E-state index in [9.17, 15) is 19.2 Å². The van der Waals surface area contributed by atoms with Gasteiger partial charge >= 0.3 is 12.1 Å². The van der Waals surface area contributed by atoms with E-state index in [1.54, 1.807) is 31.4 Å². The molecule has 2 amide bonds. The van der Waals surface area contributed by atoms with Crippen molar-refractivity contribution in [1.82, 2.24) is 10.6 Å². The predicted molar refractivity (Wildman–Crippen MR) is 171 cm³/mol. The first-order valence-electron chi connectivity index (χ1n) is 15.0. The monoisotopic (exact) mass is 617 g/mol. The summed E-state index contributed by atoms with van der Waals surface area (Å²) in [6.07, 6.45) is 0.834. The van der Waals surface area contributed by atoms with Crippen LogP contribution in [0.3, 0.4) is 0 Å². The zero-order valence-corrected chi connectivity index (χ0v) is 26.4. The summed E-state index contributed by atoms with van der Waals surface area (Å²) in [5, 5.41) is 5.42. The lowest BCUT2D eigenvalue weighted by Gasteiger charge is -2.23. The van der Waals surface area contributed by atoms with Crippen LogP contribution in [-0.2, 0) is 32.1 Å². The van der Waals surface area contributed by atoms with Gasteiger partial charge in [-0.3, -0.25) is 9.59 Å². The molecule has 0 fully saturated rings. The third kappa shape index (κ3) is 11.1. The largest absolute Gasteiger partial charge is 0.497 e. The lowest BCUT2D eigenvalue weighted by Crippen LogP contribution is -2.53. The van der Waals surface area contributed by atoms with Crippen LogP contribution in [0.1, 0.15) is 57.4 Å². The molecular weight excluding hydrogens is 574 g/mol. The van der Waals surface area contributed by atoms with E-state index >= 15 is 0 Å². The molecule has 3 aromatic carbocycles. The van der Waals surface area contributed by atoms with E-state index in [1.807, 2.05) is 63.2 Å². The first kappa shape index (κ1) is 34.8. The van der Waals surface area contributed by atoms with Crippen molar-refractivity contribution in [2.75, 3.05) is 20.3 Å². The van der Waals surface area contributed by atoms with Crippen LogP contribution < -0.4 is 21.1 Å². The molecule has 0 radical (unpaired) electrons. The molecule has 0 bridgehead atoms. The number of unbranched alkanes of at least 4 members (excludes halogenated alkanes) is 1. The lowest BCUT2D eigenvalue weighted by molar-refractivity contribution is -0.130. The Bertz CT molecular complexity index is 1420. The van der Waals surface area contributed by atoms with E-state index in [2.05, 4.69) is 10.6 Å². The first-order valence-corrected chi connectivity index (χ1v) is 15.0. The highest BCUT2D eigenvalue weighted by Crippen LogP contribution is 2.18. The van der Waals surface area contributed by atoms with Gasteiger partial charge in [-0.15, -0.1) is 0 Å². The van der Waals surface area contributed by atoms with Crippen LogP contribution in [0.25, 0.3) is 0 Å². The molecule has 0 saturated heterocycles. The average molecular weight is 618 g/mol. The number of aryl methyl sites for hydroxylation is 3. The Balaban J connectivity index is 1.73. The molecule has 45 heavy (non-hydrogen) atoms. The van der Waals surface area contributed by atoms with Gasteiger partial charge in [0.05, 0.1) is 18.7 Å². The van der Waals surface area contributed by atoms with Gasteiger partial charge in [-0.05, 0) is 81.0 Å². The number of carbonyl (C=O) groups is 4. The highest BCUT2D eigenvalue weighted by Gasteiger charge is 2.28. The van der Waals surface area contributed by atoms with E-state index in [1.165, 1.54) is 0 Å². The average Bonchev–Trinajstić information content (AvgIpc) is 3.02. The highest BCUT2D eigenvalue weighted by molar-refractivity contribution is 5.96. The van der Waals surface area contributed by atoms with Gasteiger partial charge in [-0.25, -0.2) is 9.59 Å². The Labute approximate surface area is 264 Å². The van der Waals surface area contributed by atoms with Gasteiger partial charge in [0.25, 0.3) is 0 Å². The lowest BCUT2D eigenvalue weighted by atomic mass is 10.00. The van der Waals surface area contributed by atoms with Crippen molar-refractivity contribution in [2.45, 2.75) is 65.1 Å². The maximum absolute atomic E-state index is 13.6. The Morgan fingerprint density at radius 2 is 1.47 bits per heavy atom. The maximum Gasteiger partial charge on any atom is 0.408 e.